The zero-order chi connectivity index (χ0) is 15.2. The van der Waals surface area contributed by atoms with E-state index in [9.17, 15) is 0 Å². The summed E-state index contributed by atoms with van der Waals surface area (Å²) in [6, 6.07) is 8.06. The zero-order valence-electron chi connectivity index (χ0n) is 12.7. The van der Waals surface area contributed by atoms with Crippen LogP contribution in [0.2, 0.25) is 5.02 Å². The minimum absolute atomic E-state index is 0.145. The van der Waals surface area contributed by atoms with Crippen LogP contribution in [0.15, 0.2) is 36.7 Å². The second kappa shape index (κ2) is 7.59. The molecule has 2 N–H and O–H groups in total. The standard InChI is InChI=1S/C16H23ClN4/c1-3-8-21-12-14(10-19-21)16(9-18)20(2)11-13-6-4-5-7-15(13)17/h4-7,10,12,16H,3,8-9,11,18H2,1-2H3. The molecule has 0 saturated heterocycles. The van der Waals surface area contributed by atoms with E-state index in [0.29, 0.717) is 6.54 Å². The third kappa shape index (κ3) is 4.06. The van der Waals surface area contributed by atoms with Crippen LogP contribution in [0.5, 0.6) is 0 Å². The first-order chi connectivity index (χ1) is 10.2. The summed E-state index contributed by atoms with van der Waals surface area (Å²) in [5, 5.41) is 5.18. The van der Waals surface area contributed by atoms with Crippen LogP contribution >= 0.6 is 11.6 Å². The number of halogens is 1. The van der Waals surface area contributed by atoms with Crippen molar-refractivity contribution in [2.24, 2.45) is 5.73 Å². The molecule has 0 saturated carbocycles. The molecule has 0 aliphatic carbocycles. The quantitative estimate of drug-likeness (QED) is 0.855. The van der Waals surface area contributed by atoms with Crippen molar-refractivity contribution in [1.82, 2.24) is 14.7 Å². The van der Waals surface area contributed by atoms with Gasteiger partial charge in [-0.1, -0.05) is 36.7 Å². The first-order valence-electron chi connectivity index (χ1n) is 7.31. The molecule has 0 radical (unpaired) electrons. The summed E-state index contributed by atoms with van der Waals surface area (Å²) in [5.74, 6) is 0. The van der Waals surface area contributed by atoms with Gasteiger partial charge in [-0.2, -0.15) is 5.10 Å². The normalized spacial score (nSPS) is 12.8. The van der Waals surface area contributed by atoms with Gasteiger partial charge in [0.1, 0.15) is 0 Å². The number of nitrogens with two attached hydrogens (primary N) is 1. The van der Waals surface area contributed by atoms with Crippen LogP contribution in [0.1, 0.15) is 30.5 Å². The van der Waals surface area contributed by atoms with E-state index < -0.39 is 0 Å². The van der Waals surface area contributed by atoms with Gasteiger partial charge in [-0.3, -0.25) is 9.58 Å². The lowest BCUT2D eigenvalue weighted by molar-refractivity contribution is 0.241. The van der Waals surface area contributed by atoms with Gasteiger partial charge < -0.3 is 5.73 Å². The lowest BCUT2D eigenvalue weighted by atomic mass is 10.1. The van der Waals surface area contributed by atoms with Crippen molar-refractivity contribution >= 4 is 11.6 Å². The molecule has 4 nitrogen and oxygen atoms in total. The number of hydrogen-bond acceptors (Lipinski definition) is 3. The third-order valence-electron chi connectivity index (χ3n) is 3.62. The van der Waals surface area contributed by atoms with Crippen molar-refractivity contribution < 1.29 is 0 Å². The van der Waals surface area contributed by atoms with Crippen LogP contribution in [0.4, 0.5) is 0 Å². The largest absolute Gasteiger partial charge is 0.329 e. The Hall–Kier alpha value is -1.36. The minimum Gasteiger partial charge on any atom is -0.329 e. The molecule has 1 aromatic carbocycles. The number of benzene rings is 1. The Kier molecular flexibility index (Phi) is 5.79. The molecule has 0 bridgehead atoms. The van der Waals surface area contributed by atoms with Gasteiger partial charge in [0.25, 0.3) is 0 Å². The van der Waals surface area contributed by atoms with Crippen LogP contribution in [-0.2, 0) is 13.1 Å². The van der Waals surface area contributed by atoms with Crippen LogP contribution in [0.3, 0.4) is 0 Å². The summed E-state index contributed by atoms with van der Waals surface area (Å²) in [6.45, 7) is 4.40. The van der Waals surface area contributed by atoms with Gasteiger partial charge in [0, 0.05) is 36.4 Å². The fourth-order valence-corrected chi connectivity index (χ4v) is 2.67. The van der Waals surface area contributed by atoms with Crippen molar-refractivity contribution in [3.63, 3.8) is 0 Å². The molecule has 1 unspecified atom stereocenters. The highest BCUT2D eigenvalue weighted by Gasteiger charge is 2.18. The molecule has 1 atom stereocenters. The molecule has 0 aliphatic rings. The van der Waals surface area contributed by atoms with Gasteiger partial charge in [-0.25, -0.2) is 0 Å². The minimum atomic E-state index is 0.145. The van der Waals surface area contributed by atoms with Crippen molar-refractivity contribution in [1.29, 1.82) is 0 Å². The first kappa shape index (κ1) is 16.0. The van der Waals surface area contributed by atoms with Gasteiger partial charge in [0.2, 0.25) is 0 Å². The summed E-state index contributed by atoms with van der Waals surface area (Å²) in [4.78, 5) is 2.22. The smallest absolute Gasteiger partial charge is 0.0538 e. The van der Waals surface area contributed by atoms with Crippen molar-refractivity contribution in [3.8, 4) is 0 Å². The number of aromatic nitrogens is 2. The lowest BCUT2D eigenvalue weighted by Gasteiger charge is -2.26. The maximum absolute atomic E-state index is 6.23. The molecular weight excluding hydrogens is 284 g/mol. The van der Waals surface area contributed by atoms with Gasteiger partial charge in [-0.15, -0.1) is 0 Å². The van der Waals surface area contributed by atoms with E-state index in [4.69, 9.17) is 17.3 Å². The Bertz CT molecular complexity index is 567. The van der Waals surface area contributed by atoms with Crippen molar-refractivity contribution in [2.75, 3.05) is 13.6 Å². The van der Waals surface area contributed by atoms with Crippen LogP contribution < -0.4 is 5.73 Å². The highest BCUT2D eigenvalue weighted by molar-refractivity contribution is 6.31. The van der Waals surface area contributed by atoms with E-state index in [0.717, 1.165) is 35.7 Å². The molecule has 0 aliphatic heterocycles. The Labute approximate surface area is 131 Å². The molecule has 0 fully saturated rings. The average molecular weight is 307 g/mol. The van der Waals surface area contributed by atoms with E-state index in [-0.39, 0.29) is 6.04 Å². The Morgan fingerprint density at radius 3 is 2.81 bits per heavy atom. The SMILES string of the molecule is CCCn1cc(C(CN)N(C)Cc2ccccc2Cl)cn1. The zero-order valence-corrected chi connectivity index (χ0v) is 13.4. The van der Waals surface area contributed by atoms with E-state index in [1.807, 2.05) is 35.1 Å². The molecule has 2 aromatic rings. The maximum atomic E-state index is 6.23. The van der Waals surface area contributed by atoms with Gasteiger partial charge in [-0.05, 0) is 25.1 Å². The number of hydrogen-bond donors (Lipinski definition) is 1. The topological polar surface area (TPSA) is 47.1 Å². The van der Waals surface area contributed by atoms with Crippen LogP contribution in [0.25, 0.3) is 0 Å². The molecule has 1 aromatic heterocycles. The number of aryl methyl sites for hydroxylation is 1. The second-order valence-electron chi connectivity index (χ2n) is 5.29. The van der Waals surface area contributed by atoms with E-state index in [1.54, 1.807) is 0 Å². The molecule has 0 amide bonds. The third-order valence-corrected chi connectivity index (χ3v) is 3.99. The predicted octanol–water partition coefficient (Wildman–Crippen LogP) is 3.08. The number of likely N-dealkylation sites (N-methyl/N-ethyl adjacent to an activating group) is 1. The van der Waals surface area contributed by atoms with Gasteiger partial charge >= 0.3 is 0 Å². The molecule has 1 heterocycles. The summed E-state index contributed by atoms with van der Waals surface area (Å²) < 4.78 is 1.97. The monoisotopic (exact) mass is 306 g/mol. The van der Waals surface area contributed by atoms with Crippen molar-refractivity contribution in [2.45, 2.75) is 32.5 Å². The fourth-order valence-electron chi connectivity index (χ4n) is 2.48. The van der Waals surface area contributed by atoms with Gasteiger partial charge in [0.05, 0.1) is 12.2 Å². The molecule has 114 valence electrons. The van der Waals surface area contributed by atoms with E-state index in [1.165, 1.54) is 0 Å². The predicted molar refractivity (Wildman–Crippen MR) is 87.2 cm³/mol. The van der Waals surface area contributed by atoms with E-state index >= 15 is 0 Å². The second-order valence-corrected chi connectivity index (χ2v) is 5.70. The molecular formula is C16H23ClN4. The molecule has 21 heavy (non-hydrogen) atoms. The average Bonchev–Trinajstić information content (AvgIpc) is 2.91. The summed E-state index contributed by atoms with van der Waals surface area (Å²) in [5.41, 5.74) is 8.23. The molecule has 0 spiro atoms. The Morgan fingerprint density at radius 1 is 1.38 bits per heavy atom. The highest BCUT2D eigenvalue weighted by atomic mass is 35.5. The lowest BCUT2D eigenvalue weighted by Crippen LogP contribution is -2.30. The van der Waals surface area contributed by atoms with E-state index in [2.05, 4.69) is 30.2 Å². The Balaban J connectivity index is 2.10. The number of rotatable bonds is 7. The maximum Gasteiger partial charge on any atom is 0.0538 e. The molecule has 5 heteroatoms. The fraction of sp³-hybridized carbons (Fsp3) is 0.438. The first-order valence-corrected chi connectivity index (χ1v) is 7.69. The molecule has 2 rings (SSSR count). The summed E-state index contributed by atoms with van der Waals surface area (Å²) in [6.07, 6.45) is 5.07. The van der Waals surface area contributed by atoms with Gasteiger partial charge in [0.15, 0.2) is 0 Å². The van der Waals surface area contributed by atoms with Crippen LogP contribution in [-0.4, -0.2) is 28.3 Å². The van der Waals surface area contributed by atoms with Crippen LogP contribution in [0, 0.1) is 0 Å². The van der Waals surface area contributed by atoms with Crippen molar-refractivity contribution in [3.05, 3.63) is 52.8 Å². The summed E-state index contributed by atoms with van der Waals surface area (Å²) in [7, 11) is 2.07. The summed E-state index contributed by atoms with van der Waals surface area (Å²) >= 11 is 6.23. The Morgan fingerprint density at radius 2 is 2.14 bits per heavy atom. The highest BCUT2D eigenvalue weighted by Crippen LogP contribution is 2.23. The number of nitrogens with zero attached hydrogens (tertiary/aromatic N) is 3.